The number of rotatable bonds is 5. The first-order valence-corrected chi connectivity index (χ1v) is 6.67. The quantitative estimate of drug-likeness (QED) is 0.832. The molecule has 2 N–H and O–H groups in total. The van der Waals surface area contributed by atoms with E-state index in [1.165, 1.54) is 12.1 Å². The standard InChI is InChI=1S/C11H16N2O3S/c1-3-13(8-11(12)14)17(15,16)10-6-4-9(2)5-7-10/h4-7H,3,8H2,1-2H3,(H2,12,14). The number of nitrogens with two attached hydrogens (primary N) is 1. The zero-order valence-corrected chi connectivity index (χ0v) is 10.7. The van der Waals surface area contributed by atoms with E-state index in [2.05, 4.69) is 0 Å². The van der Waals surface area contributed by atoms with Gasteiger partial charge < -0.3 is 5.73 Å². The molecular weight excluding hydrogens is 240 g/mol. The Morgan fingerprint density at radius 3 is 2.24 bits per heavy atom. The van der Waals surface area contributed by atoms with Crippen molar-refractivity contribution >= 4 is 15.9 Å². The molecule has 0 aliphatic carbocycles. The molecule has 1 aromatic rings. The molecule has 0 heterocycles. The van der Waals surface area contributed by atoms with Gasteiger partial charge in [0.1, 0.15) is 0 Å². The molecule has 5 nitrogen and oxygen atoms in total. The van der Waals surface area contributed by atoms with Crippen LogP contribution in [0.4, 0.5) is 0 Å². The van der Waals surface area contributed by atoms with Crippen LogP contribution < -0.4 is 5.73 Å². The average Bonchev–Trinajstić information content (AvgIpc) is 2.26. The van der Waals surface area contributed by atoms with Crippen molar-refractivity contribution in [3.05, 3.63) is 29.8 Å². The topological polar surface area (TPSA) is 80.5 Å². The molecular formula is C11H16N2O3S. The maximum absolute atomic E-state index is 12.1. The lowest BCUT2D eigenvalue weighted by atomic mass is 10.2. The van der Waals surface area contributed by atoms with Gasteiger partial charge in [0, 0.05) is 6.54 Å². The number of nitrogens with zero attached hydrogens (tertiary/aromatic N) is 1. The Bertz CT molecular complexity index is 494. The van der Waals surface area contributed by atoms with E-state index in [4.69, 9.17) is 5.73 Å². The first-order chi connectivity index (χ1) is 7.87. The molecule has 0 aromatic heterocycles. The van der Waals surface area contributed by atoms with Crippen LogP contribution in [0.25, 0.3) is 0 Å². The fourth-order valence-corrected chi connectivity index (χ4v) is 2.82. The van der Waals surface area contributed by atoms with E-state index in [9.17, 15) is 13.2 Å². The van der Waals surface area contributed by atoms with E-state index >= 15 is 0 Å². The number of primary amides is 1. The summed E-state index contributed by atoms with van der Waals surface area (Å²) < 4.78 is 25.3. The molecule has 0 saturated heterocycles. The Balaban J connectivity index is 3.08. The third-order valence-electron chi connectivity index (χ3n) is 2.34. The highest BCUT2D eigenvalue weighted by Gasteiger charge is 2.23. The third kappa shape index (κ3) is 3.28. The number of hydrogen-bond donors (Lipinski definition) is 1. The second-order valence-electron chi connectivity index (χ2n) is 3.71. The molecule has 0 radical (unpaired) electrons. The summed E-state index contributed by atoms with van der Waals surface area (Å²) in [5.41, 5.74) is 6.00. The first kappa shape index (κ1) is 13.7. The van der Waals surface area contributed by atoms with Crippen LogP contribution in [0.15, 0.2) is 29.2 Å². The Morgan fingerprint density at radius 2 is 1.82 bits per heavy atom. The molecule has 94 valence electrons. The van der Waals surface area contributed by atoms with Crippen LogP contribution in [0.3, 0.4) is 0 Å². The fraction of sp³-hybridized carbons (Fsp3) is 0.364. The summed E-state index contributed by atoms with van der Waals surface area (Å²) in [4.78, 5) is 11.0. The lowest BCUT2D eigenvalue weighted by molar-refractivity contribution is -0.118. The minimum absolute atomic E-state index is 0.172. The summed E-state index contributed by atoms with van der Waals surface area (Å²) >= 11 is 0. The second-order valence-corrected chi connectivity index (χ2v) is 5.65. The third-order valence-corrected chi connectivity index (χ3v) is 4.28. The normalized spacial score (nSPS) is 11.7. The Labute approximate surface area is 101 Å². The summed E-state index contributed by atoms with van der Waals surface area (Å²) in [5, 5.41) is 0. The maximum atomic E-state index is 12.1. The highest BCUT2D eigenvalue weighted by molar-refractivity contribution is 7.89. The van der Waals surface area contributed by atoms with Crippen LogP contribution in [0.1, 0.15) is 12.5 Å². The summed E-state index contributed by atoms with van der Waals surface area (Å²) in [6, 6.07) is 6.47. The van der Waals surface area contributed by atoms with E-state index in [1.807, 2.05) is 6.92 Å². The SMILES string of the molecule is CCN(CC(N)=O)S(=O)(=O)c1ccc(C)cc1. The number of sulfonamides is 1. The smallest absolute Gasteiger partial charge is 0.243 e. The minimum Gasteiger partial charge on any atom is -0.369 e. The predicted molar refractivity (Wildman–Crippen MR) is 64.8 cm³/mol. The van der Waals surface area contributed by atoms with E-state index in [0.717, 1.165) is 9.87 Å². The first-order valence-electron chi connectivity index (χ1n) is 5.23. The largest absolute Gasteiger partial charge is 0.369 e. The highest BCUT2D eigenvalue weighted by atomic mass is 32.2. The zero-order valence-electron chi connectivity index (χ0n) is 9.88. The molecule has 0 spiro atoms. The molecule has 0 saturated carbocycles. The van der Waals surface area contributed by atoms with Gasteiger partial charge in [0.25, 0.3) is 0 Å². The van der Waals surface area contributed by atoms with Gasteiger partial charge in [0.15, 0.2) is 0 Å². The van der Waals surface area contributed by atoms with Gasteiger partial charge >= 0.3 is 0 Å². The van der Waals surface area contributed by atoms with Crippen molar-refractivity contribution < 1.29 is 13.2 Å². The Hall–Kier alpha value is -1.40. The van der Waals surface area contributed by atoms with E-state index in [-0.39, 0.29) is 18.0 Å². The number of carbonyl (C=O) groups excluding carboxylic acids is 1. The predicted octanol–water partition coefficient (Wildman–Crippen LogP) is 0.491. The molecule has 1 amide bonds. The molecule has 1 rings (SSSR count). The lowest BCUT2D eigenvalue weighted by Crippen LogP contribution is -2.38. The highest BCUT2D eigenvalue weighted by Crippen LogP contribution is 2.15. The molecule has 0 aliphatic heterocycles. The average molecular weight is 256 g/mol. The molecule has 6 heteroatoms. The second kappa shape index (κ2) is 5.29. The van der Waals surface area contributed by atoms with Gasteiger partial charge in [-0.3, -0.25) is 4.79 Å². The van der Waals surface area contributed by atoms with Crippen LogP contribution in [-0.2, 0) is 14.8 Å². The fourth-order valence-electron chi connectivity index (χ4n) is 1.40. The molecule has 0 aliphatic rings. The van der Waals surface area contributed by atoms with Crippen molar-refractivity contribution in [2.24, 2.45) is 5.73 Å². The van der Waals surface area contributed by atoms with Gasteiger partial charge in [0.2, 0.25) is 15.9 Å². The van der Waals surface area contributed by atoms with Gasteiger partial charge in [-0.25, -0.2) is 8.42 Å². The molecule has 0 bridgehead atoms. The summed E-state index contributed by atoms with van der Waals surface area (Å²) in [5.74, 6) is -0.664. The van der Waals surface area contributed by atoms with Crippen LogP contribution in [-0.4, -0.2) is 31.7 Å². The number of amides is 1. The van der Waals surface area contributed by atoms with Gasteiger partial charge in [-0.1, -0.05) is 24.6 Å². The maximum Gasteiger partial charge on any atom is 0.243 e. The molecule has 0 unspecified atom stereocenters. The Morgan fingerprint density at radius 1 is 1.29 bits per heavy atom. The number of aryl methyl sites for hydroxylation is 1. The van der Waals surface area contributed by atoms with Crippen molar-refractivity contribution in [1.82, 2.24) is 4.31 Å². The summed E-state index contributed by atoms with van der Waals surface area (Å²) in [7, 11) is -3.63. The van der Waals surface area contributed by atoms with Crippen LogP contribution >= 0.6 is 0 Å². The number of benzene rings is 1. The van der Waals surface area contributed by atoms with Crippen molar-refractivity contribution in [2.45, 2.75) is 18.7 Å². The van der Waals surface area contributed by atoms with Crippen molar-refractivity contribution in [2.75, 3.05) is 13.1 Å². The van der Waals surface area contributed by atoms with E-state index in [0.29, 0.717) is 0 Å². The monoisotopic (exact) mass is 256 g/mol. The zero-order chi connectivity index (χ0) is 13.1. The van der Waals surface area contributed by atoms with Gasteiger partial charge in [-0.15, -0.1) is 0 Å². The van der Waals surface area contributed by atoms with Crippen LogP contribution in [0.2, 0.25) is 0 Å². The van der Waals surface area contributed by atoms with Crippen molar-refractivity contribution in [3.8, 4) is 0 Å². The van der Waals surface area contributed by atoms with Gasteiger partial charge in [0.05, 0.1) is 11.4 Å². The van der Waals surface area contributed by atoms with Crippen molar-refractivity contribution in [1.29, 1.82) is 0 Å². The number of hydrogen-bond acceptors (Lipinski definition) is 3. The molecule has 17 heavy (non-hydrogen) atoms. The van der Waals surface area contributed by atoms with Gasteiger partial charge in [-0.2, -0.15) is 4.31 Å². The van der Waals surface area contributed by atoms with Crippen molar-refractivity contribution in [3.63, 3.8) is 0 Å². The van der Waals surface area contributed by atoms with E-state index < -0.39 is 15.9 Å². The van der Waals surface area contributed by atoms with E-state index in [1.54, 1.807) is 19.1 Å². The lowest BCUT2D eigenvalue weighted by Gasteiger charge is -2.18. The molecule has 0 atom stereocenters. The minimum atomic E-state index is -3.63. The van der Waals surface area contributed by atoms with Crippen LogP contribution in [0.5, 0.6) is 0 Å². The van der Waals surface area contributed by atoms with Crippen LogP contribution in [0, 0.1) is 6.92 Å². The Kier molecular flexibility index (Phi) is 4.25. The molecule has 1 aromatic carbocycles. The summed E-state index contributed by atoms with van der Waals surface area (Å²) in [6.07, 6.45) is 0. The van der Waals surface area contributed by atoms with Gasteiger partial charge in [-0.05, 0) is 19.1 Å². The number of carbonyl (C=O) groups is 1. The number of likely N-dealkylation sites (N-methyl/N-ethyl adjacent to an activating group) is 1. The molecule has 0 fully saturated rings. The summed E-state index contributed by atoms with van der Waals surface area (Å²) in [6.45, 7) is 3.44.